The predicted molar refractivity (Wildman–Crippen MR) is 104 cm³/mol. The van der Waals surface area contributed by atoms with E-state index in [2.05, 4.69) is 36.4 Å². The number of aromatic nitrogens is 3. The Labute approximate surface area is 163 Å². The highest BCUT2D eigenvalue weighted by atomic mass is 16.5. The molecular weight excluding hydrogens is 352 g/mol. The van der Waals surface area contributed by atoms with Crippen LogP contribution in [0.5, 0.6) is 5.75 Å². The molecule has 28 heavy (non-hydrogen) atoms. The van der Waals surface area contributed by atoms with Crippen LogP contribution in [0.4, 0.5) is 0 Å². The van der Waals surface area contributed by atoms with Crippen LogP contribution in [0.15, 0.2) is 42.6 Å². The molecule has 4 fully saturated rings. The van der Waals surface area contributed by atoms with Gasteiger partial charge in [-0.05, 0) is 37.0 Å². The van der Waals surface area contributed by atoms with Gasteiger partial charge in [-0.3, -0.25) is 0 Å². The summed E-state index contributed by atoms with van der Waals surface area (Å²) in [7, 11) is 0. The number of aryl methyl sites for hydroxylation is 1. The van der Waals surface area contributed by atoms with Gasteiger partial charge in [0, 0.05) is 23.8 Å². The molecule has 0 spiro atoms. The second kappa shape index (κ2) is 5.33. The van der Waals surface area contributed by atoms with Gasteiger partial charge in [0.15, 0.2) is 11.5 Å². The Kier molecular flexibility index (Phi) is 3.14. The van der Waals surface area contributed by atoms with Crippen molar-refractivity contribution in [2.75, 3.05) is 13.2 Å². The lowest BCUT2D eigenvalue weighted by molar-refractivity contribution is -0.0144. The molecule has 4 aliphatic rings. The molecule has 2 bridgehead atoms. The molecule has 0 radical (unpaired) electrons. The fourth-order valence-corrected chi connectivity index (χ4v) is 4.86. The first kappa shape index (κ1) is 16.5. The maximum absolute atomic E-state index is 6.24. The molecule has 0 amide bonds. The van der Waals surface area contributed by atoms with Crippen LogP contribution in [-0.4, -0.2) is 33.4 Å². The smallest absolute Gasteiger partial charge is 0.183 e. The zero-order valence-electron chi connectivity index (χ0n) is 16.0. The van der Waals surface area contributed by atoms with Crippen LogP contribution in [0.2, 0.25) is 0 Å². The van der Waals surface area contributed by atoms with E-state index in [4.69, 9.17) is 25.3 Å². The molecule has 2 N–H and O–H groups in total. The molecule has 4 heterocycles. The Balaban J connectivity index is 1.26. The SMILES string of the molecule is Cc1cc(OCC2(c3ccccc3)CC2)cn2nc(C34CC(N)(CO3)C4)nc12. The molecule has 0 atom stereocenters. The Morgan fingerprint density at radius 1 is 1.21 bits per heavy atom. The second-order valence-electron chi connectivity index (χ2n) is 9.00. The van der Waals surface area contributed by atoms with E-state index in [1.165, 1.54) is 18.4 Å². The molecule has 2 aliphatic carbocycles. The summed E-state index contributed by atoms with van der Waals surface area (Å²) in [6.45, 7) is 3.33. The van der Waals surface area contributed by atoms with E-state index in [1.807, 2.05) is 17.6 Å². The van der Waals surface area contributed by atoms with Crippen LogP contribution < -0.4 is 10.5 Å². The lowest BCUT2D eigenvalue weighted by atomic mass is 9.69. The Morgan fingerprint density at radius 2 is 2.00 bits per heavy atom. The molecule has 6 nitrogen and oxygen atoms in total. The number of nitrogens with two attached hydrogens (primary N) is 1. The average molecular weight is 376 g/mol. The summed E-state index contributed by atoms with van der Waals surface area (Å²) >= 11 is 0. The van der Waals surface area contributed by atoms with Crippen molar-refractivity contribution in [1.29, 1.82) is 0 Å². The molecule has 6 heteroatoms. The minimum absolute atomic E-state index is 0.157. The maximum atomic E-state index is 6.24. The summed E-state index contributed by atoms with van der Waals surface area (Å²) in [5.74, 6) is 1.57. The van der Waals surface area contributed by atoms with Crippen LogP contribution in [0.1, 0.15) is 42.6 Å². The Hall–Kier alpha value is -2.44. The third kappa shape index (κ3) is 2.34. The first-order valence-corrected chi connectivity index (χ1v) is 9.98. The summed E-state index contributed by atoms with van der Waals surface area (Å²) in [4.78, 5) is 4.76. The normalized spacial score (nSPS) is 29.6. The summed E-state index contributed by atoms with van der Waals surface area (Å²) < 4.78 is 14.0. The second-order valence-corrected chi connectivity index (χ2v) is 9.00. The minimum Gasteiger partial charge on any atom is -0.491 e. The summed E-state index contributed by atoms with van der Waals surface area (Å²) in [5.41, 5.74) is 9.09. The average Bonchev–Trinajstić information content (AvgIpc) is 3.02. The topological polar surface area (TPSA) is 74.7 Å². The first-order valence-electron chi connectivity index (χ1n) is 9.98. The van der Waals surface area contributed by atoms with Gasteiger partial charge in [-0.1, -0.05) is 30.3 Å². The van der Waals surface area contributed by atoms with Crippen LogP contribution >= 0.6 is 0 Å². The van der Waals surface area contributed by atoms with E-state index in [0.717, 1.165) is 35.6 Å². The van der Waals surface area contributed by atoms with E-state index < -0.39 is 0 Å². The molecule has 2 aliphatic heterocycles. The van der Waals surface area contributed by atoms with Gasteiger partial charge in [0.1, 0.15) is 11.4 Å². The number of rotatable bonds is 5. The van der Waals surface area contributed by atoms with Crippen molar-refractivity contribution in [2.45, 2.75) is 49.2 Å². The van der Waals surface area contributed by atoms with Gasteiger partial charge < -0.3 is 15.2 Å². The van der Waals surface area contributed by atoms with E-state index in [0.29, 0.717) is 13.2 Å². The van der Waals surface area contributed by atoms with E-state index in [-0.39, 0.29) is 16.6 Å². The highest BCUT2D eigenvalue weighted by Gasteiger charge is 2.63. The van der Waals surface area contributed by atoms with Crippen LogP contribution in [-0.2, 0) is 15.8 Å². The number of hydrogen-bond donors (Lipinski definition) is 1. The molecule has 2 aromatic heterocycles. The molecule has 3 aromatic rings. The van der Waals surface area contributed by atoms with Gasteiger partial charge in [-0.25, -0.2) is 9.50 Å². The highest BCUT2D eigenvalue weighted by molar-refractivity contribution is 5.50. The van der Waals surface area contributed by atoms with Gasteiger partial charge >= 0.3 is 0 Å². The van der Waals surface area contributed by atoms with E-state index in [1.54, 1.807) is 0 Å². The van der Waals surface area contributed by atoms with Crippen molar-refractivity contribution in [3.05, 3.63) is 59.5 Å². The van der Waals surface area contributed by atoms with Gasteiger partial charge in [0.25, 0.3) is 0 Å². The summed E-state index contributed by atoms with van der Waals surface area (Å²) in [6, 6.07) is 12.7. The largest absolute Gasteiger partial charge is 0.491 e. The van der Waals surface area contributed by atoms with Crippen LogP contribution in [0, 0.1) is 6.92 Å². The zero-order valence-corrected chi connectivity index (χ0v) is 16.0. The summed E-state index contributed by atoms with van der Waals surface area (Å²) in [6.07, 6.45) is 5.89. The van der Waals surface area contributed by atoms with Gasteiger partial charge in [-0.2, -0.15) is 0 Å². The molecule has 1 aromatic carbocycles. The van der Waals surface area contributed by atoms with Crippen molar-refractivity contribution in [3.8, 4) is 5.75 Å². The van der Waals surface area contributed by atoms with Crippen molar-refractivity contribution in [1.82, 2.24) is 14.6 Å². The third-order valence-electron chi connectivity index (χ3n) is 6.67. The van der Waals surface area contributed by atoms with E-state index in [9.17, 15) is 0 Å². The molecule has 144 valence electrons. The molecule has 0 unspecified atom stereocenters. The monoisotopic (exact) mass is 376 g/mol. The minimum atomic E-state index is -0.389. The number of benzene rings is 1. The van der Waals surface area contributed by atoms with Crippen molar-refractivity contribution >= 4 is 5.65 Å². The van der Waals surface area contributed by atoms with Crippen LogP contribution in [0.3, 0.4) is 0 Å². The fourth-order valence-electron chi connectivity index (χ4n) is 4.86. The summed E-state index contributed by atoms with van der Waals surface area (Å²) in [5, 5.41) is 4.72. The van der Waals surface area contributed by atoms with Crippen molar-refractivity contribution < 1.29 is 9.47 Å². The first-order chi connectivity index (χ1) is 13.5. The predicted octanol–water partition coefficient (Wildman–Crippen LogP) is 2.87. The zero-order chi connectivity index (χ0) is 19.0. The van der Waals surface area contributed by atoms with Crippen LogP contribution in [0.25, 0.3) is 5.65 Å². The molecule has 7 rings (SSSR count). The van der Waals surface area contributed by atoms with E-state index >= 15 is 0 Å². The highest BCUT2D eigenvalue weighted by Crippen LogP contribution is 2.55. The van der Waals surface area contributed by atoms with Gasteiger partial charge in [-0.15, -0.1) is 5.10 Å². The number of hydrogen-bond acceptors (Lipinski definition) is 5. The quantitative estimate of drug-likeness (QED) is 0.741. The van der Waals surface area contributed by atoms with Crippen molar-refractivity contribution in [3.63, 3.8) is 0 Å². The number of pyridine rings is 1. The fraction of sp³-hybridized carbons (Fsp3) is 0.455. The lowest BCUT2D eigenvalue weighted by Crippen LogP contribution is -2.54. The van der Waals surface area contributed by atoms with Gasteiger partial charge in [0.05, 0.1) is 19.4 Å². The number of nitrogens with zero attached hydrogens (tertiary/aromatic N) is 3. The number of ether oxygens (including phenoxy) is 2. The lowest BCUT2D eigenvalue weighted by Gasteiger charge is -2.39. The Bertz CT molecular complexity index is 1060. The third-order valence-corrected chi connectivity index (χ3v) is 6.67. The Morgan fingerprint density at radius 3 is 2.68 bits per heavy atom. The van der Waals surface area contributed by atoms with Crippen molar-refractivity contribution in [2.24, 2.45) is 5.73 Å². The molecule has 2 saturated carbocycles. The maximum Gasteiger partial charge on any atom is 0.183 e. The standard InChI is InChI=1S/C22H24N4O2/c1-15-9-17(27-13-20(7-8-20)16-5-3-2-4-6-16)10-26-18(15)24-19(25-26)22-11-21(23,12-22)14-28-22/h2-6,9-10H,7-8,11-14,23H2,1H3. The molecule has 2 saturated heterocycles. The van der Waals surface area contributed by atoms with Gasteiger partial charge in [0.2, 0.25) is 0 Å². The number of fused-ring (bicyclic) bond motifs is 2. The molecular formula is C22H24N4O2.